The lowest BCUT2D eigenvalue weighted by Crippen LogP contribution is -2.19. The van der Waals surface area contributed by atoms with Crippen LogP contribution >= 0.6 is 0 Å². The lowest BCUT2D eigenvalue weighted by Gasteiger charge is -2.14. The fourth-order valence-electron chi connectivity index (χ4n) is 6.67. The van der Waals surface area contributed by atoms with Crippen molar-refractivity contribution in [1.82, 2.24) is 45.5 Å². The average molecular weight is 930 g/mol. The van der Waals surface area contributed by atoms with Crippen LogP contribution in [-0.2, 0) is 12.4 Å². The SMILES string of the molecule is Cc1ccc(-c2cccc(-c3ncn[nH]3)c2)c(C(F)(F)F)c1.FC(F)(F)COc1ccccc1-c1cccc(-c2ncn[nH]2)c1.Fc1ccc(C(F)(F)F)c(-c2cccc(-c3ncn[nH]3)c2)c1. The molecule has 67 heavy (non-hydrogen) atoms. The first-order valence-corrected chi connectivity index (χ1v) is 19.6. The molecule has 0 radical (unpaired) electrons. The van der Waals surface area contributed by atoms with E-state index in [4.69, 9.17) is 4.74 Å². The fraction of sp³-hybridized carbons (Fsp3) is 0.106. The van der Waals surface area contributed by atoms with Gasteiger partial charge >= 0.3 is 18.5 Å². The minimum atomic E-state index is -4.56. The zero-order valence-electron chi connectivity index (χ0n) is 34.5. The van der Waals surface area contributed by atoms with E-state index in [1.54, 1.807) is 79.7 Å². The number of nitrogens with zero attached hydrogens (tertiary/aromatic N) is 6. The molecule has 0 fully saturated rings. The minimum Gasteiger partial charge on any atom is -0.483 e. The zero-order valence-corrected chi connectivity index (χ0v) is 34.5. The predicted octanol–water partition coefficient (Wildman–Crippen LogP) is 12.8. The van der Waals surface area contributed by atoms with E-state index in [9.17, 15) is 43.9 Å². The molecule has 0 saturated carbocycles. The van der Waals surface area contributed by atoms with Crippen molar-refractivity contribution in [3.05, 3.63) is 175 Å². The van der Waals surface area contributed by atoms with Gasteiger partial charge in [0.15, 0.2) is 24.1 Å². The molecule has 9 aromatic rings. The Labute approximate surface area is 373 Å². The molecule has 20 heteroatoms. The van der Waals surface area contributed by atoms with Gasteiger partial charge in [0.1, 0.15) is 30.5 Å². The lowest BCUT2D eigenvalue weighted by molar-refractivity contribution is -0.153. The molecule has 0 unspecified atom stereocenters. The topological polar surface area (TPSA) is 134 Å². The van der Waals surface area contributed by atoms with Gasteiger partial charge in [-0.25, -0.2) is 19.3 Å². The minimum absolute atomic E-state index is 0.152. The molecule has 0 aliphatic carbocycles. The summed E-state index contributed by atoms with van der Waals surface area (Å²) in [6, 6.07) is 33.7. The molecule has 10 nitrogen and oxygen atoms in total. The molecule has 0 saturated heterocycles. The van der Waals surface area contributed by atoms with Crippen LogP contribution in [0, 0.1) is 12.7 Å². The van der Waals surface area contributed by atoms with Crippen LogP contribution in [0.25, 0.3) is 67.5 Å². The summed E-state index contributed by atoms with van der Waals surface area (Å²) in [5.74, 6) is 0.975. The van der Waals surface area contributed by atoms with Crippen molar-refractivity contribution < 1.29 is 48.6 Å². The van der Waals surface area contributed by atoms with Gasteiger partial charge in [-0.05, 0) is 83.3 Å². The fourth-order valence-corrected chi connectivity index (χ4v) is 6.67. The Morgan fingerprint density at radius 3 is 1.37 bits per heavy atom. The summed E-state index contributed by atoms with van der Waals surface area (Å²) in [6.07, 6.45) is -9.30. The number of H-pyrrole nitrogens is 3. The molecule has 6 aromatic carbocycles. The third kappa shape index (κ3) is 12.1. The van der Waals surface area contributed by atoms with Gasteiger partial charge in [0, 0.05) is 22.3 Å². The third-order valence-corrected chi connectivity index (χ3v) is 9.63. The average Bonchev–Trinajstić information content (AvgIpc) is 4.14. The van der Waals surface area contributed by atoms with Crippen molar-refractivity contribution in [1.29, 1.82) is 0 Å². The number of nitrogens with one attached hydrogen (secondary N) is 3. The van der Waals surface area contributed by atoms with Crippen molar-refractivity contribution in [2.75, 3.05) is 6.61 Å². The molecule has 0 aliphatic heterocycles. The van der Waals surface area contributed by atoms with Gasteiger partial charge in [-0.3, -0.25) is 15.3 Å². The Morgan fingerprint density at radius 2 is 0.910 bits per heavy atom. The van der Waals surface area contributed by atoms with Crippen LogP contribution < -0.4 is 4.74 Å². The molecule has 3 N–H and O–H groups in total. The molecule has 9 rings (SSSR count). The molecular formula is C47H33F10N9O. The van der Waals surface area contributed by atoms with Crippen LogP contribution in [0.5, 0.6) is 5.75 Å². The summed E-state index contributed by atoms with van der Waals surface area (Å²) >= 11 is 0. The summed E-state index contributed by atoms with van der Waals surface area (Å²) in [7, 11) is 0. The van der Waals surface area contributed by atoms with E-state index in [0.717, 1.165) is 35.4 Å². The first-order valence-electron chi connectivity index (χ1n) is 19.6. The number of alkyl halides is 9. The largest absolute Gasteiger partial charge is 0.483 e. The summed E-state index contributed by atoms with van der Waals surface area (Å²) in [4.78, 5) is 12.0. The standard InChI is InChI=1S/C16H12F3N3O.C16H12F3N3.C15H9F4N3/c17-16(18,19)9-23-14-7-2-1-6-13(14)11-4-3-5-12(8-11)15-20-10-21-22-15;1-10-5-6-13(14(7-10)16(17,18)19)11-3-2-4-12(8-11)15-20-9-21-22-15;16-11-4-5-13(15(17,18)19)12(7-11)9-2-1-3-10(6-9)14-20-8-21-22-14/h1-8,10H,9H2,(H,20,21,22);2-9H,1H3,(H,20,21,22);1-8H,(H,20,21,22). The van der Waals surface area contributed by atoms with Crippen molar-refractivity contribution in [2.45, 2.75) is 25.5 Å². The van der Waals surface area contributed by atoms with Crippen molar-refractivity contribution in [3.8, 4) is 73.3 Å². The lowest BCUT2D eigenvalue weighted by atomic mass is 9.96. The van der Waals surface area contributed by atoms with E-state index >= 15 is 0 Å². The predicted molar refractivity (Wildman–Crippen MR) is 228 cm³/mol. The van der Waals surface area contributed by atoms with Crippen LogP contribution in [0.2, 0.25) is 0 Å². The highest BCUT2D eigenvalue weighted by atomic mass is 19.4. The van der Waals surface area contributed by atoms with E-state index in [0.29, 0.717) is 45.3 Å². The summed E-state index contributed by atoms with van der Waals surface area (Å²) < 4.78 is 135. The highest BCUT2D eigenvalue weighted by Crippen LogP contribution is 2.40. The molecule has 0 spiro atoms. The maximum atomic E-state index is 13.4. The second-order valence-electron chi connectivity index (χ2n) is 14.4. The smallest absolute Gasteiger partial charge is 0.422 e. The number of aryl methyl sites for hydroxylation is 1. The van der Waals surface area contributed by atoms with Gasteiger partial charge in [-0.15, -0.1) is 0 Å². The summed E-state index contributed by atoms with van der Waals surface area (Å²) in [5.41, 5.74) is 3.07. The molecule has 0 atom stereocenters. The van der Waals surface area contributed by atoms with Gasteiger partial charge in [-0.2, -0.15) is 54.8 Å². The van der Waals surface area contributed by atoms with Crippen molar-refractivity contribution >= 4 is 0 Å². The number of para-hydroxylation sites is 1. The van der Waals surface area contributed by atoms with Gasteiger partial charge in [-0.1, -0.05) is 90.5 Å². The Kier molecular flexibility index (Phi) is 13.9. The maximum absolute atomic E-state index is 13.4. The molecule has 0 bridgehead atoms. The third-order valence-electron chi connectivity index (χ3n) is 9.63. The Bertz CT molecular complexity index is 3020. The highest BCUT2D eigenvalue weighted by Gasteiger charge is 2.35. The number of ether oxygens (including phenoxy) is 1. The van der Waals surface area contributed by atoms with E-state index in [-0.39, 0.29) is 22.4 Å². The Morgan fingerprint density at radius 1 is 0.448 bits per heavy atom. The first-order chi connectivity index (χ1) is 31.9. The van der Waals surface area contributed by atoms with Crippen LogP contribution in [-0.4, -0.2) is 58.3 Å². The second-order valence-corrected chi connectivity index (χ2v) is 14.4. The second kappa shape index (κ2) is 19.9. The molecule has 342 valence electrons. The van der Waals surface area contributed by atoms with Crippen LogP contribution in [0.3, 0.4) is 0 Å². The van der Waals surface area contributed by atoms with Gasteiger partial charge in [0.05, 0.1) is 11.1 Å². The first kappa shape index (κ1) is 46.8. The van der Waals surface area contributed by atoms with Crippen LogP contribution in [0.1, 0.15) is 16.7 Å². The van der Waals surface area contributed by atoms with Gasteiger partial charge < -0.3 is 4.74 Å². The molecule has 0 amide bonds. The Hall–Kier alpha value is -8.16. The number of halogens is 10. The summed E-state index contributed by atoms with van der Waals surface area (Å²) in [5, 5.41) is 19.3. The molecular weight excluding hydrogens is 897 g/mol. The number of hydrogen-bond acceptors (Lipinski definition) is 7. The number of aromatic amines is 3. The normalized spacial score (nSPS) is 11.6. The van der Waals surface area contributed by atoms with Crippen molar-refractivity contribution in [3.63, 3.8) is 0 Å². The Balaban J connectivity index is 0.000000149. The highest BCUT2D eigenvalue weighted by molar-refractivity contribution is 5.76. The quantitative estimate of drug-likeness (QED) is 0.129. The number of aromatic nitrogens is 9. The molecule has 3 aromatic heterocycles. The van der Waals surface area contributed by atoms with E-state index < -0.39 is 42.1 Å². The van der Waals surface area contributed by atoms with Gasteiger partial charge in [0.25, 0.3) is 0 Å². The van der Waals surface area contributed by atoms with Gasteiger partial charge in [0.2, 0.25) is 0 Å². The van der Waals surface area contributed by atoms with E-state index in [1.165, 1.54) is 43.2 Å². The maximum Gasteiger partial charge on any atom is 0.422 e. The monoisotopic (exact) mass is 929 g/mol. The molecule has 3 heterocycles. The van der Waals surface area contributed by atoms with E-state index in [2.05, 4.69) is 45.5 Å². The molecule has 0 aliphatic rings. The summed E-state index contributed by atoms with van der Waals surface area (Å²) in [6.45, 7) is 0.315. The van der Waals surface area contributed by atoms with Crippen molar-refractivity contribution in [2.24, 2.45) is 0 Å². The van der Waals surface area contributed by atoms with E-state index in [1.807, 2.05) is 12.1 Å². The van der Waals surface area contributed by atoms with Crippen LogP contribution in [0.15, 0.2) is 152 Å². The zero-order chi connectivity index (χ0) is 47.8. The number of benzene rings is 6. The van der Waals surface area contributed by atoms with Crippen LogP contribution in [0.4, 0.5) is 43.9 Å². The number of rotatable bonds is 8. The number of hydrogen-bond donors (Lipinski definition) is 3.